The number of rotatable bonds is 2. The Labute approximate surface area is 134 Å². The lowest BCUT2D eigenvalue weighted by Gasteiger charge is -2.24. The molecule has 1 unspecified atom stereocenters. The van der Waals surface area contributed by atoms with E-state index in [0.29, 0.717) is 0 Å². The summed E-state index contributed by atoms with van der Waals surface area (Å²) >= 11 is 0. The number of aliphatic hydroxyl groups is 1. The second-order valence-corrected chi connectivity index (χ2v) is 5.80. The molecule has 0 aromatic heterocycles. The highest BCUT2D eigenvalue weighted by atomic mass is 19.1. The van der Waals surface area contributed by atoms with Crippen LogP contribution in [0.25, 0.3) is 12.2 Å². The molecule has 3 rings (SSSR count). The van der Waals surface area contributed by atoms with Gasteiger partial charge in [-0.15, -0.1) is 0 Å². The molecular formula is C20H18F2O. The second-order valence-electron chi connectivity index (χ2n) is 5.80. The Hall–Kier alpha value is -2.26. The third kappa shape index (κ3) is 3.93. The molecule has 0 bridgehead atoms. The van der Waals surface area contributed by atoms with Crippen molar-refractivity contribution in [3.05, 3.63) is 82.4 Å². The molecule has 0 saturated heterocycles. The molecule has 0 spiro atoms. The number of aliphatic hydroxyl groups excluding tert-OH is 1. The average molecular weight is 312 g/mol. The van der Waals surface area contributed by atoms with Crippen molar-refractivity contribution < 1.29 is 13.9 Å². The minimum absolute atomic E-state index is 0.270. The highest BCUT2D eigenvalue weighted by molar-refractivity contribution is 5.60. The summed E-state index contributed by atoms with van der Waals surface area (Å²) in [5, 5.41) is 10.6. The van der Waals surface area contributed by atoms with Crippen molar-refractivity contribution in [3.63, 3.8) is 0 Å². The van der Waals surface area contributed by atoms with Crippen molar-refractivity contribution in [3.8, 4) is 0 Å². The van der Waals surface area contributed by atoms with E-state index >= 15 is 0 Å². The molecule has 1 aliphatic rings. The van der Waals surface area contributed by atoms with Crippen LogP contribution in [-0.4, -0.2) is 11.2 Å². The summed E-state index contributed by atoms with van der Waals surface area (Å²) in [4.78, 5) is 0. The molecule has 1 atom stereocenters. The van der Waals surface area contributed by atoms with Crippen LogP contribution in [0.3, 0.4) is 0 Å². The van der Waals surface area contributed by atoms with Crippen LogP contribution in [0.5, 0.6) is 0 Å². The van der Waals surface area contributed by atoms with E-state index in [9.17, 15) is 13.9 Å². The van der Waals surface area contributed by atoms with E-state index < -0.39 is 6.10 Å². The van der Waals surface area contributed by atoms with Crippen molar-refractivity contribution in [2.75, 3.05) is 0 Å². The molecule has 2 aromatic rings. The topological polar surface area (TPSA) is 20.2 Å². The first-order chi connectivity index (χ1) is 11.1. The predicted octanol–water partition coefficient (Wildman–Crippen LogP) is 4.98. The van der Waals surface area contributed by atoms with Crippen molar-refractivity contribution in [1.29, 1.82) is 0 Å². The van der Waals surface area contributed by atoms with Crippen LogP contribution in [-0.2, 0) is 0 Å². The van der Waals surface area contributed by atoms with E-state index in [1.165, 1.54) is 24.3 Å². The summed E-state index contributed by atoms with van der Waals surface area (Å²) in [5.74, 6) is -0.540. The Morgan fingerprint density at radius 3 is 1.52 bits per heavy atom. The van der Waals surface area contributed by atoms with Gasteiger partial charge in [-0.3, -0.25) is 0 Å². The molecule has 1 aliphatic carbocycles. The largest absolute Gasteiger partial charge is 0.384 e. The standard InChI is InChI=1S/C20H18F2O/c21-18-8-4-14(5-9-18)12-16-2-1-3-17(20(16)23)13-15-6-10-19(22)11-7-15/h4-13,20,23H,1-3H2/b16-12-,17-13+. The van der Waals surface area contributed by atoms with Gasteiger partial charge in [0.15, 0.2) is 0 Å². The molecule has 1 N–H and O–H groups in total. The van der Waals surface area contributed by atoms with E-state index in [2.05, 4.69) is 0 Å². The number of halogens is 2. The first kappa shape index (κ1) is 15.6. The summed E-state index contributed by atoms with van der Waals surface area (Å²) in [6.45, 7) is 0. The Bertz CT molecular complexity index is 664. The molecule has 0 aliphatic heterocycles. The van der Waals surface area contributed by atoms with Crippen LogP contribution < -0.4 is 0 Å². The number of hydrogen-bond acceptors (Lipinski definition) is 1. The van der Waals surface area contributed by atoms with Gasteiger partial charge in [0.2, 0.25) is 0 Å². The Kier molecular flexibility index (Phi) is 4.68. The Morgan fingerprint density at radius 2 is 1.13 bits per heavy atom. The Morgan fingerprint density at radius 1 is 0.739 bits per heavy atom. The van der Waals surface area contributed by atoms with Crippen LogP contribution in [0.15, 0.2) is 59.7 Å². The fraction of sp³-hybridized carbons (Fsp3) is 0.200. The summed E-state index contributed by atoms with van der Waals surface area (Å²) < 4.78 is 25.9. The van der Waals surface area contributed by atoms with Crippen molar-refractivity contribution in [2.24, 2.45) is 0 Å². The zero-order valence-electron chi connectivity index (χ0n) is 12.7. The predicted molar refractivity (Wildman–Crippen MR) is 88.6 cm³/mol. The summed E-state index contributed by atoms with van der Waals surface area (Å²) in [7, 11) is 0. The van der Waals surface area contributed by atoms with Gasteiger partial charge in [0.1, 0.15) is 11.6 Å². The molecule has 0 amide bonds. The molecule has 23 heavy (non-hydrogen) atoms. The van der Waals surface area contributed by atoms with Gasteiger partial charge in [0.25, 0.3) is 0 Å². The zero-order valence-corrected chi connectivity index (χ0v) is 12.7. The maximum Gasteiger partial charge on any atom is 0.123 e. The average Bonchev–Trinajstić information content (AvgIpc) is 2.55. The fourth-order valence-electron chi connectivity index (χ4n) is 2.86. The number of benzene rings is 2. The molecule has 0 heterocycles. The van der Waals surface area contributed by atoms with Crippen molar-refractivity contribution in [2.45, 2.75) is 25.4 Å². The first-order valence-corrected chi connectivity index (χ1v) is 7.72. The van der Waals surface area contributed by atoms with E-state index in [4.69, 9.17) is 0 Å². The second kappa shape index (κ2) is 6.88. The maximum absolute atomic E-state index is 13.0. The smallest absolute Gasteiger partial charge is 0.123 e. The summed E-state index contributed by atoms with van der Waals surface area (Å²) in [6.07, 6.45) is 5.79. The van der Waals surface area contributed by atoms with E-state index in [-0.39, 0.29) is 11.6 Å². The SMILES string of the molecule is OC1/C(=C\c2ccc(F)cc2)CCC/C1=C\c1ccc(F)cc1. The summed E-state index contributed by atoms with van der Waals surface area (Å²) in [6, 6.07) is 12.5. The summed E-state index contributed by atoms with van der Waals surface area (Å²) in [5.41, 5.74) is 3.61. The van der Waals surface area contributed by atoms with Gasteiger partial charge in [0.05, 0.1) is 6.10 Å². The van der Waals surface area contributed by atoms with Gasteiger partial charge in [-0.2, -0.15) is 0 Å². The zero-order chi connectivity index (χ0) is 16.2. The minimum Gasteiger partial charge on any atom is -0.384 e. The van der Waals surface area contributed by atoms with Crippen LogP contribution in [0.4, 0.5) is 8.78 Å². The van der Waals surface area contributed by atoms with Gasteiger partial charge in [-0.25, -0.2) is 8.78 Å². The molecule has 1 fully saturated rings. The molecule has 0 radical (unpaired) electrons. The molecule has 3 heteroatoms. The van der Waals surface area contributed by atoms with E-state index in [1.807, 2.05) is 12.2 Å². The lowest BCUT2D eigenvalue weighted by atomic mass is 9.85. The van der Waals surface area contributed by atoms with E-state index in [0.717, 1.165) is 41.5 Å². The highest BCUT2D eigenvalue weighted by Gasteiger charge is 2.21. The third-order valence-corrected chi connectivity index (χ3v) is 4.08. The van der Waals surface area contributed by atoms with Crippen LogP contribution in [0.2, 0.25) is 0 Å². The van der Waals surface area contributed by atoms with Gasteiger partial charge in [-0.1, -0.05) is 36.4 Å². The van der Waals surface area contributed by atoms with Gasteiger partial charge >= 0.3 is 0 Å². The van der Waals surface area contributed by atoms with Crippen LogP contribution >= 0.6 is 0 Å². The normalized spacial score (nSPS) is 21.8. The molecule has 118 valence electrons. The van der Waals surface area contributed by atoms with E-state index in [1.54, 1.807) is 24.3 Å². The third-order valence-electron chi connectivity index (χ3n) is 4.08. The van der Waals surface area contributed by atoms with Crippen LogP contribution in [0.1, 0.15) is 30.4 Å². The van der Waals surface area contributed by atoms with Crippen molar-refractivity contribution in [1.82, 2.24) is 0 Å². The van der Waals surface area contributed by atoms with Gasteiger partial charge in [0, 0.05) is 0 Å². The highest BCUT2D eigenvalue weighted by Crippen LogP contribution is 2.31. The molecule has 2 aromatic carbocycles. The van der Waals surface area contributed by atoms with Crippen LogP contribution in [0, 0.1) is 11.6 Å². The number of hydrogen-bond donors (Lipinski definition) is 1. The molecule has 1 saturated carbocycles. The van der Waals surface area contributed by atoms with Gasteiger partial charge in [-0.05, 0) is 65.8 Å². The minimum atomic E-state index is -0.640. The monoisotopic (exact) mass is 312 g/mol. The quantitative estimate of drug-likeness (QED) is 0.829. The lowest BCUT2D eigenvalue weighted by molar-refractivity contribution is 0.229. The first-order valence-electron chi connectivity index (χ1n) is 7.72. The Balaban J connectivity index is 1.84. The maximum atomic E-state index is 13.0. The molecular weight excluding hydrogens is 294 g/mol. The van der Waals surface area contributed by atoms with Gasteiger partial charge < -0.3 is 5.11 Å². The molecule has 1 nitrogen and oxygen atoms in total. The van der Waals surface area contributed by atoms with Crippen molar-refractivity contribution >= 4 is 12.2 Å². The fourth-order valence-corrected chi connectivity index (χ4v) is 2.86. The lowest BCUT2D eigenvalue weighted by Crippen LogP contribution is -2.18.